The van der Waals surface area contributed by atoms with Gasteiger partial charge >= 0.3 is 0 Å². The first-order valence-corrected chi connectivity index (χ1v) is 5.69. The van der Waals surface area contributed by atoms with Gasteiger partial charge in [-0.05, 0) is 46.1 Å². The molecule has 3 N–H and O–H groups in total. The van der Waals surface area contributed by atoms with Crippen LogP contribution in [-0.2, 0) is 0 Å². The molecule has 3 nitrogen and oxygen atoms in total. The van der Waals surface area contributed by atoms with Crippen LogP contribution in [0.1, 0.15) is 39.5 Å². The normalized spacial score (nSPS) is 24.4. The van der Waals surface area contributed by atoms with Crippen LogP contribution in [-0.4, -0.2) is 41.3 Å². The van der Waals surface area contributed by atoms with Crippen molar-refractivity contribution in [2.24, 2.45) is 5.73 Å². The molecule has 0 radical (unpaired) electrons. The van der Waals surface area contributed by atoms with E-state index in [0.717, 1.165) is 12.8 Å². The zero-order chi connectivity index (χ0) is 10.6. The molecule has 1 heterocycles. The molecule has 1 atom stereocenters. The van der Waals surface area contributed by atoms with Gasteiger partial charge in [0.25, 0.3) is 0 Å². The molecule has 0 spiro atoms. The molecular formula is C11H24N2O. The lowest BCUT2D eigenvalue weighted by Crippen LogP contribution is -2.51. The summed E-state index contributed by atoms with van der Waals surface area (Å²) in [6.45, 7) is 6.62. The van der Waals surface area contributed by atoms with Crippen LogP contribution in [0.2, 0.25) is 0 Å². The number of aliphatic hydroxyl groups is 1. The monoisotopic (exact) mass is 200 g/mol. The van der Waals surface area contributed by atoms with Crippen LogP contribution in [0.25, 0.3) is 0 Å². The summed E-state index contributed by atoms with van der Waals surface area (Å²) < 4.78 is 0. The van der Waals surface area contributed by atoms with Crippen LogP contribution in [0, 0.1) is 0 Å². The van der Waals surface area contributed by atoms with E-state index in [0.29, 0.717) is 19.2 Å². The van der Waals surface area contributed by atoms with Crippen LogP contribution in [0.15, 0.2) is 0 Å². The van der Waals surface area contributed by atoms with Gasteiger partial charge in [0.05, 0.1) is 0 Å². The average Bonchev–Trinajstić information content (AvgIpc) is 2.63. The van der Waals surface area contributed by atoms with Gasteiger partial charge in [0.2, 0.25) is 0 Å². The zero-order valence-corrected chi connectivity index (χ0v) is 9.50. The Labute approximate surface area is 87.3 Å². The molecule has 1 rings (SSSR count). The molecule has 0 bridgehead atoms. The molecule has 1 aliphatic heterocycles. The van der Waals surface area contributed by atoms with Crippen LogP contribution in [0.5, 0.6) is 0 Å². The second-order valence-corrected chi connectivity index (χ2v) is 4.87. The molecule has 0 aliphatic carbocycles. The van der Waals surface area contributed by atoms with E-state index >= 15 is 0 Å². The highest BCUT2D eigenvalue weighted by molar-refractivity contribution is 4.91. The SMILES string of the molecule is CC(C)(CN)N1CCCC1CCCO. The topological polar surface area (TPSA) is 49.5 Å². The first-order valence-electron chi connectivity index (χ1n) is 5.69. The maximum atomic E-state index is 8.83. The van der Waals surface area contributed by atoms with Crippen molar-refractivity contribution in [1.29, 1.82) is 0 Å². The molecule has 14 heavy (non-hydrogen) atoms. The zero-order valence-electron chi connectivity index (χ0n) is 9.50. The van der Waals surface area contributed by atoms with Crippen molar-refractivity contribution in [1.82, 2.24) is 4.90 Å². The van der Waals surface area contributed by atoms with Crippen molar-refractivity contribution in [2.45, 2.75) is 51.1 Å². The van der Waals surface area contributed by atoms with Gasteiger partial charge in [-0.1, -0.05) is 0 Å². The Bertz CT molecular complexity index is 171. The molecule has 84 valence electrons. The molecular weight excluding hydrogens is 176 g/mol. The molecule has 0 aromatic carbocycles. The third kappa shape index (κ3) is 2.69. The summed E-state index contributed by atoms with van der Waals surface area (Å²) in [5.41, 5.74) is 5.91. The fraction of sp³-hybridized carbons (Fsp3) is 1.00. The van der Waals surface area contributed by atoms with Gasteiger partial charge in [-0.3, -0.25) is 4.90 Å². The quantitative estimate of drug-likeness (QED) is 0.695. The summed E-state index contributed by atoms with van der Waals surface area (Å²) in [6.07, 6.45) is 4.57. The molecule has 0 aromatic rings. The van der Waals surface area contributed by atoms with Crippen LogP contribution >= 0.6 is 0 Å². The molecule has 3 heteroatoms. The van der Waals surface area contributed by atoms with Crippen molar-refractivity contribution in [3.8, 4) is 0 Å². The Morgan fingerprint density at radius 2 is 2.21 bits per heavy atom. The Morgan fingerprint density at radius 3 is 2.79 bits per heavy atom. The largest absolute Gasteiger partial charge is 0.396 e. The van der Waals surface area contributed by atoms with E-state index in [9.17, 15) is 0 Å². The van der Waals surface area contributed by atoms with Gasteiger partial charge in [-0.25, -0.2) is 0 Å². The van der Waals surface area contributed by atoms with E-state index in [2.05, 4.69) is 18.7 Å². The minimum absolute atomic E-state index is 0.122. The second-order valence-electron chi connectivity index (χ2n) is 4.87. The number of nitrogens with zero attached hydrogens (tertiary/aromatic N) is 1. The summed E-state index contributed by atoms with van der Waals surface area (Å²) in [7, 11) is 0. The Kier molecular flexibility index (Phi) is 4.35. The smallest absolute Gasteiger partial charge is 0.0431 e. The summed E-state index contributed by atoms with van der Waals surface area (Å²) >= 11 is 0. The summed E-state index contributed by atoms with van der Waals surface area (Å²) in [5, 5.41) is 8.83. The number of aliphatic hydroxyl groups excluding tert-OH is 1. The molecule has 0 aromatic heterocycles. The second kappa shape index (κ2) is 5.10. The molecule has 1 aliphatic rings. The fourth-order valence-corrected chi connectivity index (χ4v) is 2.38. The number of nitrogens with two attached hydrogens (primary N) is 1. The highest BCUT2D eigenvalue weighted by Gasteiger charge is 2.34. The van der Waals surface area contributed by atoms with Gasteiger partial charge in [0.1, 0.15) is 0 Å². The third-order valence-electron chi connectivity index (χ3n) is 3.35. The number of hydrogen-bond acceptors (Lipinski definition) is 3. The first-order chi connectivity index (χ1) is 6.61. The van der Waals surface area contributed by atoms with E-state index < -0.39 is 0 Å². The van der Waals surface area contributed by atoms with Crippen molar-refractivity contribution in [3.63, 3.8) is 0 Å². The minimum Gasteiger partial charge on any atom is -0.396 e. The highest BCUT2D eigenvalue weighted by atomic mass is 16.2. The summed E-state index contributed by atoms with van der Waals surface area (Å²) in [6, 6.07) is 0.640. The molecule has 0 amide bonds. The van der Waals surface area contributed by atoms with E-state index in [-0.39, 0.29) is 5.54 Å². The van der Waals surface area contributed by atoms with Gasteiger partial charge in [-0.15, -0.1) is 0 Å². The Hall–Kier alpha value is -0.120. The van der Waals surface area contributed by atoms with Gasteiger partial charge in [-0.2, -0.15) is 0 Å². The molecule has 1 fully saturated rings. The maximum absolute atomic E-state index is 8.83. The van der Waals surface area contributed by atoms with Crippen molar-refractivity contribution in [2.75, 3.05) is 19.7 Å². The molecule has 0 saturated carbocycles. The first kappa shape index (κ1) is 12.0. The minimum atomic E-state index is 0.122. The lowest BCUT2D eigenvalue weighted by molar-refractivity contribution is 0.102. The van der Waals surface area contributed by atoms with Crippen molar-refractivity contribution >= 4 is 0 Å². The maximum Gasteiger partial charge on any atom is 0.0431 e. The lowest BCUT2D eigenvalue weighted by atomic mass is 10.00. The van der Waals surface area contributed by atoms with Crippen LogP contribution < -0.4 is 5.73 Å². The van der Waals surface area contributed by atoms with Crippen molar-refractivity contribution < 1.29 is 5.11 Å². The van der Waals surface area contributed by atoms with E-state index in [1.807, 2.05) is 0 Å². The highest BCUT2D eigenvalue weighted by Crippen LogP contribution is 2.28. The summed E-state index contributed by atoms with van der Waals surface area (Å²) in [4.78, 5) is 2.52. The fourth-order valence-electron chi connectivity index (χ4n) is 2.38. The Morgan fingerprint density at radius 1 is 1.50 bits per heavy atom. The number of hydrogen-bond donors (Lipinski definition) is 2. The van der Waals surface area contributed by atoms with Gasteiger partial charge < -0.3 is 10.8 Å². The standard InChI is InChI=1S/C11H24N2O/c1-11(2,9-12)13-7-3-5-10(13)6-4-8-14/h10,14H,3-9,12H2,1-2H3. The van der Waals surface area contributed by atoms with E-state index in [1.54, 1.807) is 0 Å². The number of rotatable bonds is 5. The predicted molar refractivity (Wildman–Crippen MR) is 59.2 cm³/mol. The Balaban J connectivity index is 2.50. The van der Waals surface area contributed by atoms with Crippen LogP contribution in [0.3, 0.4) is 0 Å². The molecule has 1 unspecified atom stereocenters. The van der Waals surface area contributed by atoms with Crippen LogP contribution in [0.4, 0.5) is 0 Å². The number of likely N-dealkylation sites (tertiary alicyclic amines) is 1. The predicted octanol–water partition coefficient (Wildman–Crippen LogP) is 0.961. The lowest BCUT2D eigenvalue weighted by Gasteiger charge is -2.39. The average molecular weight is 200 g/mol. The third-order valence-corrected chi connectivity index (χ3v) is 3.35. The van der Waals surface area contributed by atoms with Gasteiger partial charge in [0.15, 0.2) is 0 Å². The van der Waals surface area contributed by atoms with Crippen molar-refractivity contribution in [3.05, 3.63) is 0 Å². The van der Waals surface area contributed by atoms with Gasteiger partial charge in [0, 0.05) is 24.7 Å². The summed E-state index contributed by atoms with van der Waals surface area (Å²) in [5.74, 6) is 0. The molecule has 1 saturated heterocycles. The van der Waals surface area contributed by atoms with E-state index in [4.69, 9.17) is 10.8 Å². The van der Waals surface area contributed by atoms with E-state index in [1.165, 1.54) is 19.4 Å².